The molecule has 100 valence electrons. The van der Waals surface area contributed by atoms with Gasteiger partial charge in [-0.2, -0.15) is 0 Å². The highest BCUT2D eigenvalue weighted by atomic mass is 16.5. The van der Waals surface area contributed by atoms with Gasteiger partial charge in [0.05, 0.1) is 0 Å². The second-order valence-corrected chi connectivity index (χ2v) is 4.63. The predicted octanol–water partition coefficient (Wildman–Crippen LogP) is 3.07. The van der Waals surface area contributed by atoms with E-state index in [-0.39, 0.29) is 5.97 Å². The van der Waals surface area contributed by atoms with Crippen molar-refractivity contribution in [1.29, 1.82) is 0 Å². The highest BCUT2D eigenvalue weighted by Gasteiger charge is 2.15. The van der Waals surface area contributed by atoms with Crippen molar-refractivity contribution >= 4 is 18.3 Å². The third kappa shape index (κ3) is 3.22. The van der Waals surface area contributed by atoms with Crippen LogP contribution in [0.4, 0.5) is 0 Å². The molecule has 0 atom stereocenters. The Morgan fingerprint density at radius 1 is 1.47 bits per heavy atom. The SMILES string of the molecule is C/C(=C/c1cc(C)c(C=O)o1)CCC1=CCOC1=O. The van der Waals surface area contributed by atoms with E-state index in [2.05, 4.69) is 0 Å². The lowest BCUT2D eigenvalue weighted by atomic mass is 10.1. The molecule has 0 N–H and O–H groups in total. The maximum atomic E-state index is 11.3. The molecule has 0 spiro atoms. The fourth-order valence-electron chi connectivity index (χ4n) is 1.95. The highest BCUT2D eigenvalue weighted by molar-refractivity contribution is 5.90. The number of hydrogen-bond donors (Lipinski definition) is 0. The fraction of sp³-hybridized carbons (Fsp3) is 0.333. The summed E-state index contributed by atoms with van der Waals surface area (Å²) in [5.41, 5.74) is 2.65. The number of aryl methyl sites for hydroxylation is 1. The monoisotopic (exact) mass is 260 g/mol. The van der Waals surface area contributed by atoms with Crippen LogP contribution in [-0.2, 0) is 9.53 Å². The maximum Gasteiger partial charge on any atom is 0.334 e. The van der Waals surface area contributed by atoms with E-state index in [9.17, 15) is 9.59 Å². The van der Waals surface area contributed by atoms with Gasteiger partial charge in [-0.15, -0.1) is 0 Å². The molecule has 0 fully saturated rings. The number of cyclic esters (lactones) is 1. The van der Waals surface area contributed by atoms with Crippen molar-refractivity contribution in [2.45, 2.75) is 26.7 Å². The van der Waals surface area contributed by atoms with E-state index in [4.69, 9.17) is 9.15 Å². The Labute approximate surface area is 111 Å². The zero-order valence-electron chi connectivity index (χ0n) is 11.1. The van der Waals surface area contributed by atoms with E-state index in [1.807, 2.05) is 32.1 Å². The van der Waals surface area contributed by atoms with Crippen LogP contribution in [0.25, 0.3) is 6.08 Å². The number of furan rings is 1. The van der Waals surface area contributed by atoms with Crippen LogP contribution in [0, 0.1) is 6.92 Å². The van der Waals surface area contributed by atoms with Crippen LogP contribution < -0.4 is 0 Å². The van der Waals surface area contributed by atoms with Gasteiger partial charge < -0.3 is 9.15 Å². The Bertz CT molecular complexity index is 561. The lowest BCUT2D eigenvalue weighted by molar-refractivity contribution is -0.136. The average Bonchev–Trinajstić information content (AvgIpc) is 2.93. The van der Waals surface area contributed by atoms with Crippen LogP contribution in [-0.4, -0.2) is 18.9 Å². The quantitative estimate of drug-likeness (QED) is 0.603. The van der Waals surface area contributed by atoms with Gasteiger partial charge in [0.2, 0.25) is 0 Å². The van der Waals surface area contributed by atoms with Crippen molar-refractivity contribution in [3.63, 3.8) is 0 Å². The van der Waals surface area contributed by atoms with Gasteiger partial charge >= 0.3 is 5.97 Å². The van der Waals surface area contributed by atoms with E-state index in [1.165, 1.54) is 0 Å². The number of carbonyl (C=O) groups excluding carboxylic acids is 2. The van der Waals surface area contributed by atoms with Crippen molar-refractivity contribution in [3.8, 4) is 0 Å². The first kappa shape index (κ1) is 13.3. The second-order valence-electron chi connectivity index (χ2n) is 4.63. The molecular formula is C15H16O4. The normalized spacial score (nSPS) is 15.4. The van der Waals surface area contributed by atoms with Gasteiger partial charge in [-0.1, -0.05) is 5.57 Å². The first-order valence-corrected chi connectivity index (χ1v) is 6.19. The van der Waals surface area contributed by atoms with E-state index in [0.29, 0.717) is 30.8 Å². The molecular weight excluding hydrogens is 244 g/mol. The van der Waals surface area contributed by atoms with Crippen molar-refractivity contribution in [1.82, 2.24) is 0 Å². The molecule has 0 radical (unpaired) electrons. The van der Waals surface area contributed by atoms with E-state index in [0.717, 1.165) is 23.1 Å². The number of allylic oxidation sites excluding steroid dienone is 1. The van der Waals surface area contributed by atoms with E-state index >= 15 is 0 Å². The summed E-state index contributed by atoms with van der Waals surface area (Å²) in [6, 6.07) is 1.83. The van der Waals surface area contributed by atoms with Crippen molar-refractivity contribution in [2.75, 3.05) is 6.61 Å². The van der Waals surface area contributed by atoms with Gasteiger partial charge in [0.1, 0.15) is 12.4 Å². The number of ether oxygens (including phenoxy) is 1. The van der Waals surface area contributed by atoms with Crippen LogP contribution in [0.15, 0.2) is 27.7 Å². The first-order chi connectivity index (χ1) is 9.10. The highest BCUT2D eigenvalue weighted by Crippen LogP contribution is 2.20. The number of carbonyl (C=O) groups is 2. The average molecular weight is 260 g/mol. The Morgan fingerprint density at radius 3 is 2.84 bits per heavy atom. The summed E-state index contributed by atoms with van der Waals surface area (Å²) in [6.07, 6.45) is 5.85. The summed E-state index contributed by atoms with van der Waals surface area (Å²) < 4.78 is 10.2. The van der Waals surface area contributed by atoms with Gasteiger partial charge in [-0.05, 0) is 50.5 Å². The molecule has 0 amide bonds. The molecule has 1 aliphatic rings. The minimum atomic E-state index is -0.218. The third-order valence-corrected chi connectivity index (χ3v) is 3.07. The smallest absolute Gasteiger partial charge is 0.334 e. The van der Waals surface area contributed by atoms with Gasteiger partial charge in [0, 0.05) is 5.57 Å². The zero-order valence-corrected chi connectivity index (χ0v) is 11.1. The molecule has 2 heterocycles. The Kier molecular flexibility index (Phi) is 4.00. The van der Waals surface area contributed by atoms with Crippen LogP contribution >= 0.6 is 0 Å². The number of hydrogen-bond acceptors (Lipinski definition) is 4. The minimum absolute atomic E-state index is 0.218. The molecule has 1 aromatic heterocycles. The van der Waals surface area contributed by atoms with Crippen LogP contribution in [0.5, 0.6) is 0 Å². The molecule has 2 rings (SSSR count). The summed E-state index contributed by atoms with van der Waals surface area (Å²) in [7, 11) is 0. The van der Waals surface area contributed by atoms with Gasteiger partial charge in [0.25, 0.3) is 0 Å². The largest absolute Gasteiger partial charge is 0.458 e. The molecule has 0 unspecified atom stereocenters. The summed E-state index contributed by atoms with van der Waals surface area (Å²) in [5, 5.41) is 0. The van der Waals surface area contributed by atoms with Crippen LogP contribution in [0.2, 0.25) is 0 Å². The molecule has 1 aromatic rings. The first-order valence-electron chi connectivity index (χ1n) is 6.19. The van der Waals surface area contributed by atoms with E-state index < -0.39 is 0 Å². The van der Waals surface area contributed by atoms with Gasteiger partial charge in [-0.25, -0.2) is 4.79 Å². The second kappa shape index (κ2) is 5.69. The topological polar surface area (TPSA) is 56.5 Å². The third-order valence-electron chi connectivity index (χ3n) is 3.07. The maximum absolute atomic E-state index is 11.3. The molecule has 1 aliphatic heterocycles. The molecule has 0 bridgehead atoms. The van der Waals surface area contributed by atoms with Gasteiger partial charge in [-0.3, -0.25) is 4.79 Å². The standard InChI is InChI=1S/C15H16O4/c1-10(3-4-12-5-6-18-15(12)17)7-13-8-11(2)14(9-16)19-13/h5,7-9H,3-4,6H2,1-2H3/b10-7-. The Balaban J connectivity index is 1.98. The van der Waals surface area contributed by atoms with E-state index in [1.54, 1.807) is 0 Å². The lowest BCUT2D eigenvalue weighted by Gasteiger charge is -2.00. The minimum Gasteiger partial charge on any atom is -0.458 e. The lowest BCUT2D eigenvalue weighted by Crippen LogP contribution is -1.99. The van der Waals surface area contributed by atoms with Gasteiger partial charge in [0.15, 0.2) is 12.0 Å². The fourth-order valence-corrected chi connectivity index (χ4v) is 1.95. The molecule has 4 nitrogen and oxygen atoms in total. The Morgan fingerprint density at radius 2 is 2.26 bits per heavy atom. The molecule has 4 heteroatoms. The molecule has 0 saturated carbocycles. The Hall–Kier alpha value is -2.10. The van der Waals surface area contributed by atoms with Crippen molar-refractivity contribution < 1.29 is 18.7 Å². The summed E-state index contributed by atoms with van der Waals surface area (Å²) >= 11 is 0. The number of aldehydes is 1. The summed E-state index contributed by atoms with van der Waals surface area (Å²) in [4.78, 5) is 22.0. The molecule has 0 saturated heterocycles. The van der Waals surface area contributed by atoms with Crippen molar-refractivity contribution in [2.24, 2.45) is 0 Å². The number of rotatable bonds is 5. The van der Waals surface area contributed by atoms with Crippen LogP contribution in [0.3, 0.4) is 0 Å². The summed E-state index contributed by atoms with van der Waals surface area (Å²) in [5.74, 6) is 0.811. The van der Waals surface area contributed by atoms with Crippen LogP contribution in [0.1, 0.15) is 41.6 Å². The number of esters is 1. The predicted molar refractivity (Wildman–Crippen MR) is 70.8 cm³/mol. The molecule has 0 aliphatic carbocycles. The summed E-state index contributed by atoms with van der Waals surface area (Å²) in [6.45, 7) is 4.19. The molecule has 0 aromatic carbocycles. The van der Waals surface area contributed by atoms with Crippen molar-refractivity contribution in [3.05, 3.63) is 40.4 Å². The zero-order chi connectivity index (χ0) is 13.8. The molecule has 19 heavy (non-hydrogen) atoms.